The van der Waals surface area contributed by atoms with Gasteiger partial charge in [-0.15, -0.1) is 0 Å². The zero-order chi connectivity index (χ0) is 13.5. The maximum Gasteiger partial charge on any atom is 0.237 e. The van der Waals surface area contributed by atoms with Gasteiger partial charge in [0, 0.05) is 6.54 Å². The number of nitrogens with one attached hydrogen (secondary N) is 1. The van der Waals surface area contributed by atoms with E-state index in [0.29, 0.717) is 6.54 Å². The van der Waals surface area contributed by atoms with Crippen molar-refractivity contribution in [2.75, 3.05) is 6.54 Å². The Balaban J connectivity index is 2.36. The van der Waals surface area contributed by atoms with E-state index in [-0.39, 0.29) is 11.8 Å². The summed E-state index contributed by atoms with van der Waals surface area (Å²) in [6.45, 7) is 6.77. The summed E-state index contributed by atoms with van der Waals surface area (Å²) in [4.78, 5) is 11.8. The number of aryl methyl sites for hydroxylation is 1. The average molecular weight is 248 g/mol. The molecule has 0 heterocycles. The zero-order valence-electron chi connectivity index (χ0n) is 11.6. The largest absolute Gasteiger partial charge is 0.354 e. The van der Waals surface area contributed by atoms with Crippen molar-refractivity contribution in [3.8, 4) is 0 Å². The smallest absolute Gasteiger partial charge is 0.237 e. The molecule has 2 unspecified atom stereocenters. The predicted molar refractivity (Wildman–Crippen MR) is 75.3 cm³/mol. The molecule has 18 heavy (non-hydrogen) atoms. The van der Waals surface area contributed by atoms with Crippen LogP contribution < -0.4 is 11.1 Å². The molecule has 0 radical (unpaired) electrons. The van der Waals surface area contributed by atoms with Crippen molar-refractivity contribution >= 4 is 5.91 Å². The molecule has 100 valence electrons. The molecule has 0 aliphatic rings. The Hall–Kier alpha value is -1.35. The van der Waals surface area contributed by atoms with Gasteiger partial charge in [0.15, 0.2) is 0 Å². The summed E-state index contributed by atoms with van der Waals surface area (Å²) in [5, 5.41) is 2.90. The van der Waals surface area contributed by atoms with Crippen LogP contribution in [-0.4, -0.2) is 18.5 Å². The van der Waals surface area contributed by atoms with Crippen LogP contribution in [-0.2, 0) is 11.2 Å². The highest BCUT2D eigenvalue weighted by Crippen LogP contribution is 2.06. The molecule has 2 atom stereocenters. The molecule has 0 fully saturated rings. The Morgan fingerprint density at radius 3 is 2.78 bits per heavy atom. The second kappa shape index (κ2) is 7.17. The molecule has 0 saturated heterocycles. The van der Waals surface area contributed by atoms with Gasteiger partial charge in [-0.1, -0.05) is 50.1 Å². The summed E-state index contributed by atoms with van der Waals surface area (Å²) in [5.74, 6) is 0.181. The fraction of sp³-hybridized carbons (Fsp3) is 0.533. The second-order valence-electron chi connectivity index (χ2n) is 4.94. The Bertz CT molecular complexity index is 390. The molecule has 1 aromatic carbocycles. The lowest BCUT2D eigenvalue weighted by Crippen LogP contribution is -2.45. The zero-order valence-corrected chi connectivity index (χ0v) is 11.6. The molecule has 0 spiro atoms. The highest BCUT2D eigenvalue weighted by atomic mass is 16.2. The van der Waals surface area contributed by atoms with Gasteiger partial charge in [-0.25, -0.2) is 0 Å². The van der Waals surface area contributed by atoms with Crippen LogP contribution in [0.25, 0.3) is 0 Å². The van der Waals surface area contributed by atoms with Crippen molar-refractivity contribution in [3.63, 3.8) is 0 Å². The van der Waals surface area contributed by atoms with Gasteiger partial charge in [-0.05, 0) is 24.8 Å². The van der Waals surface area contributed by atoms with Crippen LogP contribution in [0.5, 0.6) is 0 Å². The van der Waals surface area contributed by atoms with Crippen LogP contribution in [0.2, 0.25) is 0 Å². The highest BCUT2D eigenvalue weighted by molar-refractivity contribution is 5.81. The summed E-state index contributed by atoms with van der Waals surface area (Å²) in [6.07, 6.45) is 1.77. The van der Waals surface area contributed by atoms with E-state index in [4.69, 9.17) is 5.73 Å². The van der Waals surface area contributed by atoms with E-state index in [1.807, 2.05) is 19.9 Å². The molecule has 0 aromatic heterocycles. The number of hydrogen-bond donors (Lipinski definition) is 2. The van der Waals surface area contributed by atoms with Crippen molar-refractivity contribution in [2.24, 2.45) is 11.7 Å². The van der Waals surface area contributed by atoms with Gasteiger partial charge < -0.3 is 11.1 Å². The van der Waals surface area contributed by atoms with Crippen molar-refractivity contribution in [1.29, 1.82) is 0 Å². The summed E-state index contributed by atoms with van der Waals surface area (Å²) in [7, 11) is 0. The maximum absolute atomic E-state index is 11.8. The molecular formula is C15H24N2O. The third-order valence-electron chi connectivity index (χ3n) is 3.36. The Labute approximate surface area is 110 Å². The Kier molecular flexibility index (Phi) is 5.86. The van der Waals surface area contributed by atoms with E-state index in [1.54, 1.807) is 0 Å². The number of amides is 1. The molecule has 1 rings (SSSR count). The number of rotatable bonds is 6. The van der Waals surface area contributed by atoms with Crippen molar-refractivity contribution in [1.82, 2.24) is 5.32 Å². The van der Waals surface area contributed by atoms with Gasteiger partial charge in [-0.2, -0.15) is 0 Å². The SMILES string of the molecule is CCC(C)C(N)C(=O)NCCc1cccc(C)c1. The van der Waals surface area contributed by atoms with E-state index >= 15 is 0 Å². The lowest BCUT2D eigenvalue weighted by atomic mass is 9.99. The third-order valence-corrected chi connectivity index (χ3v) is 3.36. The molecule has 0 saturated carbocycles. The molecular weight excluding hydrogens is 224 g/mol. The van der Waals surface area contributed by atoms with Crippen LogP contribution in [0.3, 0.4) is 0 Å². The number of nitrogens with two attached hydrogens (primary N) is 1. The van der Waals surface area contributed by atoms with Crippen LogP contribution in [0.15, 0.2) is 24.3 Å². The van der Waals surface area contributed by atoms with Gasteiger partial charge in [-0.3, -0.25) is 4.79 Å². The van der Waals surface area contributed by atoms with E-state index in [0.717, 1.165) is 12.8 Å². The Morgan fingerprint density at radius 1 is 1.44 bits per heavy atom. The molecule has 1 amide bonds. The number of benzene rings is 1. The van der Waals surface area contributed by atoms with Crippen molar-refractivity contribution < 1.29 is 4.79 Å². The second-order valence-corrected chi connectivity index (χ2v) is 4.94. The highest BCUT2D eigenvalue weighted by Gasteiger charge is 2.18. The number of carbonyl (C=O) groups excluding carboxylic acids is 1. The van der Waals surface area contributed by atoms with Gasteiger partial charge in [0.05, 0.1) is 6.04 Å². The van der Waals surface area contributed by atoms with E-state index in [1.165, 1.54) is 11.1 Å². The minimum atomic E-state index is -0.396. The van der Waals surface area contributed by atoms with E-state index < -0.39 is 6.04 Å². The molecule has 0 aliphatic carbocycles. The topological polar surface area (TPSA) is 55.1 Å². The Morgan fingerprint density at radius 2 is 2.17 bits per heavy atom. The first-order valence-corrected chi connectivity index (χ1v) is 6.63. The molecule has 1 aromatic rings. The fourth-order valence-corrected chi connectivity index (χ4v) is 1.83. The summed E-state index contributed by atoms with van der Waals surface area (Å²) in [5.41, 5.74) is 8.35. The lowest BCUT2D eigenvalue weighted by molar-refractivity contribution is -0.123. The first-order chi connectivity index (χ1) is 8.54. The predicted octanol–water partition coefficient (Wildman–Crippen LogP) is 2.03. The van der Waals surface area contributed by atoms with Gasteiger partial charge in [0.2, 0.25) is 5.91 Å². The maximum atomic E-state index is 11.8. The minimum absolute atomic E-state index is 0.0444. The van der Waals surface area contributed by atoms with Crippen LogP contribution in [0, 0.1) is 12.8 Å². The minimum Gasteiger partial charge on any atom is -0.354 e. The molecule has 0 aliphatic heterocycles. The van der Waals surface area contributed by atoms with Gasteiger partial charge in [0.1, 0.15) is 0 Å². The lowest BCUT2D eigenvalue weighted by Gasteiger charge is -2.17. The summed E-state index contributed by atoms with van der Waals surface area (Å²) < 4.78 is 0. The number of hydrogen-bond acceptors (Lipinski definition) is 2. The molecule has 3 nitrogen and oxygen atoms in total. The van der Waals surface area contributed by atoms with Crippen molar-refractivity contribution in [2.45, 2.75) is 39.7 Å². The van der Waals surface area contributed by atoms with Crippen LogP contribution >= 0.6 is 0 Å². The number of carbonyl (C=O) groups is 1. The molecule has 3 N–H and O–H groups in total. The van der Waals surface area contributed by atoms with Gasteiger partial charge in [0.25, 0.3) is 0 Å². The van der Waals surface area contributed by atoms with E-state index in [2.05, 4.69) is 30.4 Å². The molecule has 3 heteroatoms. The van der Waals surface area contributed by atoms with Crippen molar-refractivity contribution in [3.05, 3.63) is 35.4 Å². The first kappa shape index (κ1) is 14.7. The monoisotopic (exact) mass is 248 g/mol. The van der Waals surface area contributed by atoms with Crippen LogP contribution in [0.1, 0.15) is 31.4 Å². The normalized spacial score (nSPS) is 14.0. The van der Waals surface area contributed by atoms with E-state index in [9.17, 15) is 4.79 Å². The van der Waals surface area contributed by atoms with Gasteiger partial charge >= 0.3 is 0 Å². The third kappa shape index (κ3) is 4.49. The molecule has 0 bridgehead atoms. The van der Waals surface area contributed by atoms with Crippen LogP contribution in [0.4, 0.5) is 0 Å². The summed E-state index contributed by atoms with van der Waals surface area (Å²) >= 11 is 0. The standard InChI is InChI=1S/C15H24N2O/c1-4-12(3)14(16)15(18)17-9-8-13-7-5-6-11(2)10-13/h5-7,10,12,14H,4,8-9,16H2,1-3H3,(H,17,18). The summed E-state index contributed by atoms with van der Waals surface area (Å²) in [6, 6.07) is 7.93. The fourth-order valence-electron chi connectivity index (χ4n) is 1.83. The average Bonchev–Trinajstić information content (AvgIpc) is 2.36. The quantitative estimate of drug-likeness (QED) is 0.809. The first-order valence-electron chi connectivity index (χ1n) is 6.63.